The average molecular weight is 396 g/mol. The molecule has 0 bridgehead atoms. The third-order valence-electron chi connectivity index (χ3n) is 5.14. The molecule has 2 amide bonds. The molecule has 0 saturated carbocycles. The molecule has 2 atom stereocenters. The molecule has 0 aromatic heterocycles. The van der Waals surface area contributed by atoms with Gasteiger partial charge in [-0.1, -0.05) is 35.9 Å². The van der Waals surface area contributed by atoms with Crippen molar-refractivity contribution in [3.63, 3.8) is 0 Å². The van der Waals surface area contributed by atoms with Crippen LogP contribution in [0.25, 0.3) is 0 Å². The molecule has 5 nitrogen and oxygen atoms in total. The number of para-hydroxylation sites is 2. The number of ketones is 1. The Morgan fingerprint density at radius 1 is 0.964 bits per heavy atom. The van der Waals surface area contributed by atoms with E-state index in [1.807, 2.05) is 12.2 Å². The normalized spacial score (nSPS) is 21.0. The number of hydrogen-bond acceptors (Lipinski definition) is 4. The SMILES string of the molecule is O=C(COc1ccccc1N1C(=O)[C@H]2CC=CC[C@@H]2C1=O)c1ccc(Cl)cc1. The molecule has 0 radical (unpaired) electrons. The van der Waals surface area contributed by atoms with Crippen LogP contribution in [0.3, 0.4) is 0 Å². The Labute approximate surface area is 167 Å². The van der Waals surface area contributed by atoms with Gasteiger partial charge < -0.3 is 4.74 Å². The number of amides is 2. The fraction of sp³-hybridized carbons (Fsp3) is 0.227. The molecule has 1 saturated heterocycles. The number of Topliss-reactive ketones (excluding diaryl/α,β-unsaturated/α-hetero) is 1. The van der Waals surface area contributed by atoms with Crippen molar-refractivity contribution in [2.24, 2.45) is 11.8 Å². The van der Waals surface area contributed by atoms with E-state index in [1.165, 1.54) is 4.90 Å². The first-order valence-corrected chi connectivity index (χ1v) is 9.47. The number of halogens is 1. The lowest BCUT2D eigenvalue weighted by Crippen LogP contribution is -2.31. The molecular weight excluding hydrogens is 378 g/mol. The highest BCUT2D eigenvalue weighted by molar-refractivity contribution is 6.30. The summed E-state index contributed by atoms with van der Waals surface area (Å²) in [6.45, 7) is -0.205. The predicted octanol–water partition coefficient (Wildman–Crippen LogP) is 4.06. The van der Waals surface area contributed by atoms with Gasteiger partial charge in [-0.05, 0) is 49.2 Å². The van der Waals surface area contributed by atoms with Gasteiger partial charge in [0.2, 0.25) is 11.8 Å². The second-order valence-electron chi connectivity index (χ2n) is 6.85. The molecule has 0 unspecified atom stereocenters. The average Bonchev–Trinajstić information content (AvgIpc) is 2.97. The Morgan fingerprint density at radius 3 is 2.21 bits per heavy atom. The zero-order chi connectivity index (χ0) is 19.7. The quantitative estimate of drug-likeness (QED) is 0.435. The maximum absolute atomic E-state index is 12.8. The first-order chi connectivity index (χ1) is 13.6. The van der Waals surface area contributed by atoms with Crippen LogP contribution < -0.4 is 9.64 Å². The van der Waals surface area contributed by atoms with Crippen molar-refractivity contribution >= 4 is 34.9 Å². The fourth-order valence-corrected chi connectivity index (χ4v) is 3.79. The minimum atomic E-state index is -0.318. The smallest absolute Gasteiger partial charge is 0.238 e. The third kappa shape index (κ3) is 3.34. The summed E-state index contributed by atoms with van der Waals surface area (Å²) >= 11 is 5.85. The van der Waals surface area contributed by atoms with E-state index in [0.29, 0.717) is 34.9 Å². The largest absolute Gasteiger partial charge is 0.483 e. The number of carbonyl (C=O) groups is 3. The summed E-state index contributed by atoms with van der Waals surface area (Å²) in [6, 6.07) is 13.3. The van der Waals surface area contributed by atoms with E-state index in [2.05, 4.69) is 0 Å². The Balaban J connectivity index is 1.54. The van der Waals surface area contributed by atoms with Gasteiger partial charge in [-0.25, -0.2) is 4.90 Å². The summed E-state index contributed by atoms with van der Waals surface area (Å²) in [5.41, 5.74) is 0.864. The van der Waals surface area contributed by atoms with Crippen LogP contribution in [0.2, 0.25) is 5.02 Å². The second-order valence-corrected chi connectivity index (χ2v) is 7.29. The topological polar surface area (TPSA) is 63.7 Å². The number of hydrogen-bond donors (Lipinski definition) is 0. The van der Waals surface area contributed by atoms with E-state index in [1.54, 1.807) is 48.5 Å². The maximum Gasteiger partial charge on any atom is 0.238 e. The molecule has 0 spiro atoms. The molecule has 4 rings (SSSR count). The van der Waals surface area contributed by atoms with Crippen LogP contribution in [0.4, 0.5) is 5.69 Å². The number of nitrogens with zero attached hydrogens (tertiary/aromatic N) is 1. The molecule has 2 aromatic rings. The number of rotatable bonds is 5. The van der Waals surface area contributed by atoms with Gasteiger partial charge in [0, 0.05) is 10.6 Å². The van der Waals surface area contributed by atoms with E-state index < -0.39 is 0 Å². The molecule has 0 N–H and O–H groups in total. The lowest BCUT2D eigenvalue weighted by atomic mass is 9.85. The van der Waals surface area contributed by atoms with E-state index in [4.69, 9.17) is 16.3 Å². The monoisotopic (exact) mass is 395 g/mol. The minimum Gasteiger partial charge on any atom is -0.483 e. The summed E-state index contributed by atoms with van der Waals surface area (Å²) in [5, 5.41) is 0.546. The van der Waals surface area contributed by atoms with Crippen molar-refractivity contribution in [2.75, 3.05) is 11.5 Å². The van der Waals surface area contributed by atoms with Crippen molar-refractivity contribution in [3.8, 4) is 5.75 Å². The van der Waals surface area contributed by atoms with Gasteiger partial charge in [0.25, 0.3) is 0 Å². The Morgan fingerprint density at radius 2 is 1.57 bits per heavy atom. The van der Waals surface area contributed by atoms with Gasteiger partial charge >= 0.3 is 0 Å². The Kier molecular flexibility index (Phi) is 5.01. The molecule has 6 heteroatoms. The number of imide groups is 1. The van der Waals surface area contributed by atoms with Crippen molar-refractivity contribution < 1.29 is 19.1 Å². The van der Waals surface area contributed by atoms with Gasteiger partial charge in [0.15, 0.2) is 12.4 Å². The summed E-state index contributed by atoms with van der Waals surface area (Å²) in [5.74, 6) is -0.942. The molecule has 1 heterocycles. The number of fused-ring (bicyclic) bond motifs is 1. The number of allylic oxidation sites excluding steroid dienone is 2. The van der Waals surface area contributed by atoms with E-state index >= 15 is 0 Å². The Bertz CT molecular complexity index is 941. The molecule has 2 aromatic carbocycles. The molecule has 142 valence electrons. The zero-order valence-corrected chi connectivity index (χ0v) is 15.8. The summed E-state index contributed by atoms with van der Waals surface area (Å²) in [6.07, 6.45) is 5.04. The molecule has 1 fully saturated rings. The minimum absolute atomic E-state index is 0.205. The highest BCUT2D eigenvalue weighted by atomic mass is 35.5. The summed E-state index contributed by atoms with van der Waals surface area (Å²) in [4.78, 5) is 39.2. The number of anilines is 1. The lowest BCUT2D eigenvalue weighted by Gasteiger charge is -2.18. The zero-order valence-electron chi connectivity index (χ0n) is 15.0. The van der Waals surface area contributed by atoms with Crippen LogP contribution in [0.1, 0.15) is 23.2 Å². The highest BCUT2D eigenvalue weighted by Gasteiger charge is 2.48. The number of ether oxygens (including phenoxy) is 1. The summed E-state index contributed by atoms with van der Waals surface area (Å²) < 4.78 is 5.70. The lowest BCUT2D eigenvalue weighted by molar-refractivity contribution is -0.122. The standard InChI is InChI=1S/C22H18ClNO4/c23-15-11-9-14(10-12-15)19(25)13-28-20-8-4-3-7-18(20)24-21(26)16-5-1-2-6-17(16)22(24)27/h1-4,7-12,16-17H,5-6,13H2/t16-,17-/m0/s1. The Hall–Kier alpha value is -2.92. The maximum atomic E-state index is 12.8. The first kappa shape index (κ1) is 18.4. The van der Waals surface area contributed by atoms with Gasteiger partial charge in [-0.15, -0.1) is 0 Å². The number of benzene rings is 2. The van der Waals surface area contributed by atoms with Crippen molar-refractivity contribution in [1.29, 1.82) is 0 Å². The molecule has 2 aliphatic rings. The van der Waals surface area contributed by atoms with Crippen LogP contribution in [-0.4, -0.2) is 24.2 Å². The van der Waals surface area contributed by atoms with Crippen LogP contribution in [0.5, 0.6) is 5.75 Å². The number of carbonyl (C=O) groups excluding carboxylic acids is 3. The molecule has 28 heavy (non-hydrogen) atoms. The van der Waals surface area contributed by atoms with Crippen LogP contribution in [0, 0.1) is 11.8 Å². The van der Waals surface area contributed by atoms with Gasteiger partial charge in [0.1, 0.15) is 5.75 Å². The highest BCUT2D eigenvalue weighted by Crippen LogP contribution is 2.40. The second kappa shape index (κ2) is 7.60. The third-order valence-corrected chi connectivity index (χ3v) is 5.39. The van der Waals surface area contributed by atoms with E-state index in [0.717, 1.165) is 0 Å². The first-order valence-electron chi connectivity index (χ1n) is 9.09. The van der Waals surface area contributed by atoms with E-state index in [9.17, 15) is 14.4 Å². The van der Waals surface area contributed by atoms with Crippen molar-refractivity contribution in [3.05, 3.63) is 71.3 Å². The van der Waals surface area contributed by atoms with Gasteiger partial charge in [-0.2, -0.15) is 0 Å². The molecular formula is C22H18ClNO4. The van der Waals surface area contributed by atoms with Crippen LogP contribution in [0.15, 0.2) is 60.7 Å². The van der Waals surface area contributed by atoms with Gasteiger partial charge in [-0.3, -0.25) is 14.4 Å². The van der Waals surface area contributed by atoms with E-state index in [-0.39, 0.29) is 36.0 Å². The molecule has 1 aliphatic heterocycles. The van der Waals surface area contributed by atoms with Crippen LogP contribution >= 0.6 is 11.6 Å². The van der Waals surface area contributed by atoms with Gasteiger partial charge in [0.05, 0.1) is 17.5 Å². The summed E-state index contributed by atoms with van der Waals surface area (Å²) in [7, 11) is 0. The van der Waals surface area contributed by atoms with Crippen LogP contribution in [-0.2, 0) is 9.59 Å². The molecule has 1 aliphatic carbocycles. The fourth-order valence-electron chi connectivity index (χ4n) is 3.66. The predicted molar refractivity (Wildman–Crippen MR) is 106 cm³/mol. The van der Waals surface area contributed by atoms with Crippen molar-refractivity contribution in [1.82, 2.24) is 0 Å². The van der Waals surface area contributed by atoms with Crippen molar-refractivity contribution in [2.45, 2.75) is 12.8 Å².